The molecule has 0 spiro atoms. The first kappa shape index (κ1) is 52.0. The average molecular weight is 999 g/mol. The second kappa shape index (κ2) is 23.0. The fourth-order valence-electron chi connectivity index (χ4n) is 8.73. The highest BCUT2D eigenvalue weighted by Gasteiger charge is 2.53. The number of sulfone groups is 1. The Hall–Kier alpha value is -5.79. The van der Waals surface area contributed by atoms with E-state index in [0.717, 1.165) is 16.7 Å². The number of hydrogen-bond donors (Lipinski definition) is 1. The normalized spacial score (nSPS) is 19.7. The number of imidazole rings is 1. The molecule has 2 aliphatic heterocycles. The van der Waals surface area contributed by atoms with Crippen LogP contribution >= 0.6 is 12.2 Å². The average Bonchev–Trinajstić information content (AvgIpc) is 3.93. The number of rotatable bonds is 20. The number of benzene rings is 3. The van der Waals surface area contributed by atoms with Crippen molar-refractivity contribution in [2.24, 2.45) is 5.92 Å². The van der Waals surface area contributed by atoms with E-state index >= 15 is 0 Å². The molecule has 0 aliphatic carbocycles. The monoisotopic (exact) mass is 998 g/mol. The first-order chi connectivity index (χ1) is 33.6. The fraction of sp³-hybridized carbons (Fsp3) is 0.480. The number of nitrogens with zero attached hydrogens (tertiary/aromatic N) is 7. The first-order valence-corrected chi connectivity index (χ1v) is 25.5. The summed E-state index contributed by atoms with van der Waals surface area (Å²) in [6.45, 7) is 11.8. The number of carbonyl (C=O) groups is 1. The van der Waals surface area contributed by atoms with Gasteiger partial charge in [-0.25, -0.2) is 23.4 Å². The SMILES string of the molecule is COc1ccc(C(OC[C@H]2O[C@@H](n3cnc4c(NC(=O)C(C)C)ncnc43)[C@@H](OC(=S)N3CCS(=O)(=O)CC3)C2OC(OCCC#N)N(C(C)C)C(C)C)(c2ccccc2)c2ccc(OC)cc2)cc1. The van der Waals surface area contributed by atoms with Gasteiger partial charge in [0, 0.05) is 31.1 Å². The maximum atomic E-state index is 13.0. The highest BCUT2D eigenvalue weighted by atomic mass is 32.2. The molecule has 374 valence electrons. The smallest absolute Gasteiger partial charge is 0.259 e. The van der Waals surface area contributed by atoms with Crippen LogP contribution in [0.2, 0.25) is 0 Å². The highest BCUT2D eigenvalue weighted by molar-refractivity contribution is 7.91. The maximum absolute atomic E-state index is 13.0. The van der Waals surface area contributed by atoms with Crippen LogP contribution in [0.3, 0.4) is 0 Å². The van der Waals surface area contributed by atoms with Crippen LogP contribution in [0.25, 0.3) is 11.2 Å². The van der Waals surface area contributed by atoms with Gasteiger partial charge in [0.25, 0.3) is 5.17 Å². The first-order valence-electron chi connectivity index (χ1n) is 23.3. The van der Waals surface area contributed by atoms with Crippen molar-refractivity contribution in [1.82, 2.24) is 29.3 Å². The molecule has 0 radical (unpaired) electrons. The molecule has 20 heteroatoms. The molecule has 2 fully saturated rings. The van der Waals surface area contributed by atoms with E-state index < -0.39 is 46.4 Å². The summed E-state index contributed by atoms with van der Waals surface area (Å²) in [6.07, 6.45) is -2.29. The Bertz CT molecular complexity index is 2630. The molecule has 18 nitrogen and oxygen atoms in total. The number of amides is 1. The van der Waals surface area contributed by atoms with Gasteiger partial charge in [0.05, 0.1) is 57.8 Å². The van der Waals surface area contributed by atoms with E-state index in [0.29, 0.717) is 22.7 Å². The van der Waals surface area contributed by atoms with Crippen LogP contribution in [0, 0.1) is 17.2 Å². The van der Waals surface area contributed by atoms with Gasteiger partial charge in [-0.1, -0.05) is 68.4 Å². The number of nitrogens with one attached hydrogen (secondary N) is 1. The minimum Gasteiger partial charge on any atom is -0.497 e. The van der Waals surface area contributed by atoms with Gasteiger partial charge >= 0.3 is 0 Å². The van der Waals surface area contributed by atoms with Crippen molar-refractivity contribution in [3.8, 4) is 17.6 Å². The van der Waals surface area contributed by atoms with Gasteiger partial charge in [-0.3, -0.25) is 14.3 Å². The molecule has 70 heavy (non-hydrogen) atoms. The van der Waals surface area contributed by atoms with Crippen LogP contribution in [0.15, 0.2) is 91.5 Å². The summed E-state index contributed by atoms with van der Waals surface area (Å²) in [7, 11) is -0.0524. The number of hydrogen-bond acceptors (Lipinski definition) is 16. The van der Waals surface area contributed by atoms with Gasteiger partial charge in [-0.05, 0) is 80.9 Å². The lowest BCUT2D eigenvalue weighted by Crippen LogP contribution is -2.53. The van der Waals surface area contributed by atoms with Gasteiger partial charge in [0.15, 0.2) is 39.2 Å². The van der Waals surface area contributed by atoms with Crippen LogP contribution in [-0.4, -0.2) is 138 Å². The van der Waals surface area contributed by atoms with E-state index in [1.165, 1.54) is 12.7 Å². The molecular formula is C50H62N8O10S2. The zero-order valence-electron chi connectivity index (χ0n) is 40.8. The third kappa shape index (κ3) is 11.5. The lowest BCUT2D eigenvalue weighted by molar-refractivity contribution is -0.274. The molecule has 3 aromatic carbocycles. The number of carbonyl (C=O) groups excluding carboxylic acids is 1. The third-order valence-corrected chi connectivity index (χ3v) is 14.3. The zero-order chi connectivity index (χ0) is 50.2. The van der Waals surface area contributed by atoms with E-state index in [1.807, 2.05) is 111 Å². The lowest BCUT2D eigenvalue weighted by atomic mass is 9.80. The van der Waals surface area contributed by atoms with Crippen molar-refractivity contribution in [2.75, 3.05) is 57.3 Å². The molecule has 2 saturated heterocycles. The van der Waals surface area contributed by atoms with Crippen LogP contribution in [-0.2, 0) is 43.9 Å². The second-order valence-corrected chi connectivity index (χ2v) is 20.5. The molecule has 0 bridgehead atoms. The zero-order valence-corrected chi connectivity index (χ0v) is 42.4. The Morgan fingerprint density at radius 2 is 1.49 bits per heavy atom. The largest absolute Gasteiger partial charge is 0.497 e. The number of thiocarbonyl (C=S) groups is 1. The van der Waals surface area contributed by atoms with Gasteiger partial charge in [-0.15, -0.1) is 0 Å². The standard InChI is InChI=1S/C50H62N8O10S2/c1-32(2)46(59)55-44-41-45(53-30-52-44)57(31-54-41)47-43(68-49(69)56-24-27-70(60,61)28-25-56)42(67-48(64-26-12-23-51)58(33(3)4)34(5)6)40(66-47)29-65-50(35-13-10-9-11-14-35,36-15-19-38(62-7)20-16-36)37-17-21-39(63-8)22-18-37/h9-11,13-22,30-34,40,42-43,47-48H,12,24-29H2,1-8H3,(H,52,53,55,59)/t40-,42?,43+,47-,48?/m1/s1. The molecule has 1 amide bonds. The number of methoxy groups -OCH3 is 2. The topological polar surface area (TPSA) is 202 Å². The summed E-state index contributed by atoms with van der Waals surface area (Å²) in [5, 5.41) is 12.5. The van der Waals surface area contributed by atoms with Gasteiger partial charge in [0.2, 0.25) is 12.3 Å². The Kier molecular flexibility index (Phi) is 17.1. The van der Waals surface area contributed by atoms with Crippen molar-refractivity contribution in [2.45, 2.75) is 96.6 Å². The molecule has 2 aromatic heterocycles. The van der Waals surface area contributed by atoms with E-state index in [-0.39, 0.29) is 79.1 Å². The van der Waals surface area contributed by atoms with Crippen molar-refractivity contribution in [3.05, 3.63) is 108 Å². The number of ether oxygens (including phenoxy) is 7. The Morgan fingerprint density at radius 3 is 2.04 bits per heavy atom. The Labute approximate surface area is 415 Å². The second-order valence-electron chi connectivity index (χ2n) is 17.9. The van der Waals surface area contributed by atoms with Crippen molar-refractivity contribution in [3.63, 3.8) is 0 Å². The molecule has 2 aliphatic rings. The Balaban J connectivity index is 1.40. The molecule has 1 N–H and O–H groups in total. The molecule has 2 unspecified atom stereocenters. The third-order valence-electron chi connectivity index (χ3n) is 12.3. The predicted molar refractivity (Wildman–Crippen MR) is 266 cm³/mol. The Morgan fingerprint density at radius 1 is 0.886 bits per heavy atom. The minimum absolute atomic E-state index is 0.0363. The predicted octanol–water partition coefficient (Wildman–Crippen LogP) is 6.46. The summed E-state index contributed by atoms with van der Waals surface area (Å²) in [6, 6.07) is 27.2. The highest BCUT2D eigenvalue weighted by Crippen LogP contribution is 2.44. The van der Waals surface area contributed by atoms with Crippen LogP contribution < -0.4 is 14.8 Å². The van der Waals surface area contributed by atoms with Gasteiger partial charge in [-0.2, -0.15) is 5.26 Å². The molecule has 5 atom stereocenters. The molecule has 7 rings (SSSR count). The molecule has 4 heterocycles. The lowest BCUT2D eigenvalue weighted by Gasteiger charge is -2.40. The quantitative estimate of drug-likeness (QED) is 0.0385. The molecule has 5 aromatic rings. The summed E-state index contributed by atoms with van der Waals surface area (Å²) < 4.78 is 73.2. The van der Waals surface area contributed by atoms with E-state index in [4.69, 9.17) is 45.4 Å². The molecular weight excluding hydrogens is 937 g/mol. The summed E-state index contributed by atoms with van der Waals surface area (Å²) in [5.74, 6) is 0.716. The number of nitriles is 1. The van der Waals surface area contributed by atoms with Crippen molar-refractivity contribution >= 4 is 50.1 Å². The van der Waals surface area contributed by atoms with E-state index in [2.05, 4.69) is 26.3 Å². The van der Waals surface area contributed by atoms with Crippen LogP contribution in [0.5, 0.6) is 11.5 Å². The summed E-state index contributed by atoms with van der Waals surface area (Å²) >= 11 is 6.01. The minimum atomic E-state index is -3.27. The van der Waals surface area contributed by atoms with Crippen LogP contribution in [0.1, 0.15) is 70.9 Å². The maximum Gasteiger partial charge on any atom is 0.259 e. The summed E-state index contributed by atoms with van der Waals surface area (Å²) in [5.41, 5.74) is 1.70. The number of aromatic nitrogens is 4. The van der Waals surface area contributed by atoms with E-state index in [1.54, 1.807) is 37.5 Å². The number of anilines is 1. The van der Waals surface area contributed by atoms with Gasteiger partial charge < -0.3 is 43.4 Å². The number of fused-ring (bicyclic) bond motifs is 1. The fourth-order valence-corrected chi connectivity index (χ4v) is 10.2. The summed E-state index contributed by atoms with van der Waals surface area (Å²) in [4.78, 5) is 30.4. The molecule has 0 saturated carbocycles. The van der Waals surface area contributed by atoms with Crippen molar-refractivity contribution < 1.29 is 46.4 Å². The van der Waals surface area contributed by atoms with Crippen molar-refractivity contribution in [1.29, 1.82) is 5.26 Å². The van der Waals surface area contributed by atoms with Gasteiger partial charge in [0.1, 0.15) is 35.6 Å². The van der Waals surface area contributed by atoms with Crippen LogP contribution in [0.4, 0.5) is 5.82 Å². The van der Waals surface area contributed by atoms with E-state index in [9.17, 15) is 18.5 Å².